The fourth-order valence-electron chi connectivity index (χ4n) is 1.70. The highest BCUT2D eigenvalue weighted by Gasteiger charge is 2.15. The van der Waals surface area contributed by atoms with Crippen LogP contribution in [-0.2, 0) is 7.05 Å². The van der Waals surface area contributed by atoms with Crippen molar-refractivity contribution in [2.45, 2.75) is 0 Å². The third kappa shape index (κ3) is 1.92. The average molecular weight is 249 g/mol. The summed E-state index contributed by atoms with van der Waals surface area (Å²) in [6.45, 7) is 0. The molecular weight excluding hydrogens is 234 g/mol. The first-order chi connectivity index (χ1) is 8.56. The van der Waals surface area contributed by atoms with E-state index >= 15 is 0 Å². The monoisotopic (exact) mass is 249 g/mol. The van der Waals surface area contributed by atoms with Gasteiger partial charge in [0.1, 0.15) is 11.6 Å². The maximum atomic E-state index is 9.80. The maximum absolute atomic E-state index is 9.80. The van der Waals surface area contributed by atoms with Gasteiger partial charge in [-0.2, -0.15) is 5.10 Å². The number of ether oxygens (including phenoxy) is 2. The van der Waals surface area contributed by atoms with Crippen LogP contribution in [0.1, 0.15) is 0 Å². The second-order valence-corrected chi connectivity index (χ2v) is 3.80. The minimum Gasteiger partial charge on any atom is -0.504 e. The first kappa shape index (κ1) is 12.1. The topological polar surface area (TPSA) is 82.5 Å². The molecule has 0 radical (unpaired) electrons. The number of phenolic OH excluding ortho intramolecular Hbond substituents is 1. The van der Waals surface area contributed by atoms with Crippen molar-refractivity contribution < 1.29 is 14.6 Å². The standard InChI is InChI=1S/C12H15N3O3/c1-15-12(13)5-8(14-15)7-4-9(16)11(18-3)6-10(7)17-2/h4-6,16H,13H2,1-3H3. The van der Waals surface area contributed by atoms with Crippen LogP contribution in [0.3, 0.4) is 0 Å². The van der Waals surface area contributed by atoms with Crippen LogP contribution in [0.4, 0.5) is 5.82 Å². The first-order valence-corrected chi connectivity index (χ1v) is 5.31. The second kappa shape index (κ2) is 4.48. The molecule has 0 fully saturated rings. The van der Waals surface area contributed by atoms with Gasteiger partial charge in [-0.3, -0.25) is 4.68 Å². The molecule has 2 aromatic rings. The lowest BCUT2D eigenvalue weighted by Gasteiger charge is -2.10. The van der Waals surface area contributed by atoms with E-state index in [2.05, 4.69) is 5.10 Å². The molecule has 0 amide bonds. The number of aromatic hydroxyl groups is 1. The highest BCUT2D eigenvalue weighted by Crippen LogP contribution is 2.39. The van der Waals surface area contributed by atoms with Crippen molar-refractivity contribution >= 4 is 5.82 Å². The van der Waals surface area contributed by atoms with Crippen molar-refractivity contribution in [3.05, 3.63) is 18.2 Å². The van der Waals surface area contributed by atoms with Crippen molar-refractivity contribution in [1.82, 2.24) is 9.78 Å². The Morgan fingerprint density at radius 3 is 2.33 bits per heavy atom. The van der Waals surface area contributed by atoms with Gasteiger partial charge in [0, 0.05) is 24.7 Å². The predicted octanol–water partition coefficient (Wildman–Crippen LogP) is 1.39. The molecule has 96 valence electrons. The highest BCUT2D eigenvalue weighted by molar-refractivity contribution is 5.73. The molecule has 0 aliphatic rings. The number of hydrogen-bond acceptors (Lipinski definition) is 5. The SMILES string of the molecule is COc1cc(OC)c(-c2cc(N)n(C)n2)cc1O. The lowest BCUT2D eigenvalue weighted by atomic mass is 10.1. The molecule has 0 saturated carbocycles. The Morgan fingerprint density at radius 1 is 1.17 bits per heavy atom. The molecule has 0 unspecified atom stereocenters. The van der Waals surface area contributed by atoms with Crippen molar-refractivity contribution in [1.29, 1.82) is 0 Å². The normalized spacial score (nSPS) is 10.4. The van der Waals surface area contributed by atoms with E-state index in [0.717, 1.165) is 0 Å². The van der Waals surface area contributed by atoms with Crippen LogP contribution >= 0.6 is 0 Å². The van der Waals surface area contributed by atoms with Gasteiger partial charge in [0.05, 0.1) is 19.9 Å². The highest BCUT2D eigenvalue weighted by atomic mass is 16.5. The predicted molar refractivity (Wildman–Crippen MR) is 67.8 cm³/mol. The Bertz CT molecular complexity index is 559. The van der Waals surface area contributed by atoms with Crippen molar-refractivity contribution in [2.75, 3.05) is 20.0 Å². The molecule has 18 heavy (non-hydrogen) atoms. The van der Waals surface area contributed by atoms with Crippen molar-refractivity contribution in [3.8, 4) is 28.5 Å². The van der Waals surface area contributed by atoms with Gasteiger partial charge in [-0.25, -0.2) is 0 Å². The van der Waals surface area contributed by atoms with E-state index in [-0.39, 0.29) is 5.75 Å². The molecule has 2 rings (SSSR count). The van der Waals surface area contributed by atoms with Crippen molar-refractivity contribution in [2.24, 2.45) is 7.05 Å². The molecule has 1 heterocycles. The number of nitrogens with two attached hydrogens (primary N) is 1. The number of anilines is 1. The van der Waals surface area contributed by atoms with Gasteiger partial charge in [0.15, 0.2) is 11.5 Å². The van der Waals surface area contributed by atoms with Crippen molar-refractivity contribution in [3.63, 3.8) is 0 Å². The Kier molecular flexibility index (Phi) is 3.01. The Morgan fingerprint density at radius 2 is 1.83 bits per heavy atom. The molecule has 0 atom stereocenters. The summed E-state index contributed by atoms with van der Waals surface area (Å²) < 4.78 is 11.8. The molecule has 1 aromatic heterocycles. The largest absolute Gasteiger partial charge is 0.504 e. The number of aromatic nitrogens is 2. The van der Waals surface area contributed by atoms with E-state index in [0.29, 0.717) is 28.6 Å². The van der Waals surface area contributed by atoms with Gasteiger partial charge in [0.25, 0.3) is 0 Å². The molecule has 6 nitrogen and oxygen atoms in total. The molecule has 0 saturated heterocycles. The van der Waals surface area contributed by atoms with Crippen LogP contribution in [0.25, 0.3) is 11.3 Å². The minimum absolute atomic E-state index is 0.0255. The first-order valence-electron chi connectivity index (χ1n) is 5.31. The van der Waals surface area contributed by atoms with E-state index in [1.165, 1.54) is 7.11 Å². The van der Waals surface area contributed by atoms with Gasteiger partial charge in [0.2, 0.25) is 0 Å². The number of aryl methyl sites for hydroxylation is 1. The summed E-state index contributed by atoms with van der Waals surface area (Å²) in [6, 6.07) is 4.86. The zero-order valence-electron chi connectivity index (χ0n) is 10.5. The zero-order chi connectivity index (χ0) is 13.3. The molecule has 3 N–H and O–H groups in total. The number of methoxy groups -OCH3 is 2. The number of benzene rings is 1. The van der Waals surface area contributed by atoms with E-state index in [1.54, 1.807) is 37.0 Å². The fraction of sp³-hybridized carbons (Fsp3) is 0.250. The van der Waals surface area contributed by atoms with Gasteiger partial charge in [-0.15, -0.1) is 0 Å². The smallest absolute Gasteiger partial charge is 0.164 e. The maximum Gasteiger partial charge on any atom is 0.164 e. The molecule has 1 aromatic carbocycles. The van der Waals surface area contributed by atoms with E-state index in [1.807, 2.05) is 0 Å². The summed E-state index contributed by atoms with van der Waals surface area (Å²) in [5.74, 6) is 1.46. The van der Waals surface area contributed by atoms with Crippen LogP contribution in [0.15, 0.2) is 18.2 Å². The van der Waals surface area contributed by atoms with E-state index in [9.17, 15) is 5.11 Å². The van der Waals surface area contributed by atoms with Crippen LogP contribution in [0.2, 0.25) is 0 Å². The lowest BCUT2D eigenvalue weighted by molar-refractivity contribution is 0.365. The molecular formula is C12H15N3O3. The third-order valence-corrected chi connectivity index (χ3v) is 2.69. The summed E-state index contributed by atoms with van der Waals surface area (Å²) >= 11 is 0. The Hall–Kier alpha value is -2.37. The van der Waals surface area contributed by atoms with Crippen LogP contribution in [-0.4, -0.2) is 29.1 Å². The van der Waals surface area contributed by atoms with Gasteiger partial charge < -0.3 is 20.3 Å². The number of rotatable bonds is 3. The molecule has 0 spiro atoms. The minimum atomic E-state index is 0.0255. The quantitative estimate of drug-likeness (QED) is 0.859. The lowest BCUT2D eigenvalue weighted by Crippen LogP contribution is -1.97. The molecule has 6 heteroatoms. The third-order valence-electron chi connectivity index (χ3n) is 2.69. The molecule has 0 aliphatic heterocycles. The van der Waals surface area contributed by atoms with Crippen LogP contribution < -0.4 is 15.2 Å². The zero-order valence-corrected chi connectivity index (χ0v) is 10.5. The summed E-state index contributed by atoms with van der Waals surface area (Å²) in [7, 11) is 4.77. The van der Waals surface area contributed by atoms with Crippen LogP contribution in [0, 0.1) is 0 Å². The number of nitrogen functional groups attached to an aromatic ring is 1. The number of hydrogen-bond donors (Lipinski definition) is 2. The number of phenols is 1. The van der Waals surface area contributed by atoms with Gasteiger partial charge in [-0.05, 0) is 6.07 Å². The fourth-order valence-corrected chi connectivity index (χ4v) is 1.70. The average Bonchev–Trinajstić information content (AvgIpc) is 2.69. The molecule has 0 aliphatic carbocycles. The summed E-state index contributed by atoms with van der Waals surface area (Å²) in [6.07, 6.45) is 0. The van der Waals surface area contributed by atoms with Gasteiger partial charge in [-0.1, -0.05) is 0 Å². The Balaban J connectivity index is 2.59. The van der Waals surface area contributed by atoms with E-state index < -0.39 is 0 Å². The Labute approximate surface area is 105 Å². The number of nitrogens with zero attached hydrogens (tertiary/aromatic N) is 2. The molecule has 0 bridgehead atoms. The van der Waals surface area contributed by atoms with Crippen LogP contribution in [0.5, 0.6) is 17.2 Å². The summed E-state index contributed by atoms with van der Waals surface area (Å²) in [5.41, 5.74) is 7.02. The van der Waals surface area contributed by atoms with E-state index in [4.69, 9.17) is 15.2 Å². The summed E-state index contributed by atoms with van der Waals surface area (Å²) in [4.78, 5) is 0. The van der Waals surface area contributed by atoms with Gasteiger partial charge >= 0.3 is 0 Å². The summed E-state index contributed by atoms with van der Waals surface area (Å²) in [5, 5.41) is 14.0. The second-order valence-electron chi connectivity index (χ2n) is 3.80.